The number of anilines is 1. The summed E-state index contributed by atoms with van der Waals surface area (Å²) in [4.78, 5) is 24.3. The van der Waals surface area contributed by atoms with Crippen LogP contribution in [0.2, 0.25) is 0 Å². The molecular formula is C13H11F5N2O3. The van der Waals surface area contributed by atoms with Gasteiger partial charge in [-0.15, -0.1) is 0 Å². The lowest BCUT2D eigenvalue weighted by molar-refractivity contribution is -0.138. The van der Waals surface area contributed by atoms with E-state index in [1.54, 1.807) is 0 Å². The van der Waals surface area contributed by atoms with Crippen molar-refractivity contribution in [3.63, 3.8) is 0 Å². The molecule has 0 radical (unpaired) electrons. The van der Waals surface area contributed by atoms with E-state index in [0.29, 0.717) is 11.2 Å². The largest absolute Gasteiger partial charge is 0.434 e. The molecule has 5 nitrogen and oxygen atoms in total. The van der Waals surface area contributed by atoms with E-state index < -0.39 is 31.1 Å². The van der Waals surface area contributed by atoms with Crippen molar-refractivity contribution in [2.45, 2.75) is 12.8 Å². The van der Waals surface area contributed by atoms with Crippen LogP contribution < -0.4 is 9.64 Å². The zero-order valence-corrected chi connectivity index (χ0v) is 11.5. The smallest absolute Gasteiger partial charge is 0.406 e. The summed E-state index contributed by atoms with van der Waals surface area (Å²) in [5.41, 5.74) is -0.0891. The van der Waals surface area contributed by atoms with Crippen LogP contribution >= 0.6 is 0 Å². The standard InChI is InChI=1S/C13H11F5N2O3/c14-11(15)23-10-5-9(2-1-8(10)6-21)20-4-3-19(12(20)22)7-13(16,17)18/h1-2,5-6,11H,3-4,7H2. The second kappa shape index (κ2) is 6.39. The lowest BCUT2D eigenvalue weighted by atomic mass is 10.2. The number of aldehydes is 1. The Balaban J connectivity index is 2.22. The maximum Gasteiger partial charge on any atom is 0.406 e. The summed E-state index contributed by atoms with van der Waals surface area (Å²) >= 11 is 0. The highest BCUT2D eigenvalue weighted by Gasteiger charge is 2.38. The monoisotopic (exact) mass is 338 g/mol. The Hall–Kier alpha value is -2.39. The van der Waals surface area contributed by atoms with Crippen molar-refractivity contribution in [3.05, 3.63) is 23.8 Å². The predicted octanol–water partition coefficient (Wildman–Crippen LogP) is 2.90. The molecule has 0 bridgehead atoms. The van der Waals surface area contributed by atoms with Gasteiger partial charge in [0, 0.05) is 24.8 Å². The Labute approximate surface area is 127 Å². The summed E-state index contributed by atoms with van der Waals surface area (Å²) in [6.07, 6.45) is -4.24. The number of benzene rings is 1. The molecule has 1 aliphatic heterocycles. The van der Waals surface area contributed by atoms with Gasteiger partial charge >= 0.3 is 18.8 Å². The van der Waals surface area contributed by atoms with Crippen LogP contribution in [-0.2, 0) is 0 Å². The second-order valence-electron chi connectivity index (χ2n) is 4.69. The molecule has 10 heteroatoms. The quantitative estimate of drug-likeness (QED) is 0.613. The van der Waals surface area contributed by atoms with Crippen molar-refractivity contribution in [1.82, 2.24) is 4.90 Å². The SMILES string of the molecule is O=Cc1ccc(N2CCN(CC(F)(F)F)C2=O)cc1OC(F)F. The Morgan fingerprint density at radius 1 is 1.26 bits per heavy atom. The number of ether oxygens (including phenoxy) is 1. The number of rotatable bonds is 5. The Kier molecular flexibility index (Phi) is 4.71. The molecule has 2 rings (SSSR count). The van der Waals surface area contributed by atoms with Gasteiger partial charge in [-0.25, -0.2) is 4.79 Å². The zero-order chi connectivity index (χ0) is 17.2. The Morgan fingerprint density at radius 2 is 1.96 bits per heavy atom. The lowest BCUT2D eigenvalue weighted by Gasteiger charge is -2.20. The summed E-state index contributed by atoms with van der Waals surface area (Å²) in [5.74, 6) is -0.449. The molecule has 1 heterocycles. The van der Waals surface area contributed by atoms with Crippen LogP contribution in [0.15, 0.2) is 18.2 Å². The van der Waals surface area contributed by atoms with E-state index in [-0.39, 0.29) is 24.3 Å². The van der Waals surface area contributed by atoms with Crippen LogP contribution in [0.1, 0.15) is 10.4 Å². The van der Waals surface area contributed by atoms with Crippen molar-refractivity contribution in [3.8, 4) is 5.75 Å². The van der Waals surface area contributed by atoms with Gasteiger partial charge in [0.1, 0.15) is 12.3 Å². The highest BCUT2D eigenvalue weighted by atomic mass is 19.4. The molecule has 0 unspecified atom stereocenters. The van der Waals surface area contributed by atoms with Gasteiger partial charge in [-0.05, 0) is 12.1 Å². The molecule has 1 aromatic carbocycles. The topological polar surface area (TPSA) is 49.9 Å². The minimum Gasteiger partial charge on any atom is -0.434 e. The Morgan fingerprint density at radius 3 is 2.52 bits per heavy atom. The number of hydrogen-bond acceptors (Lipinski definition) is 3. The molecule has 1 fully saturated rings. The average Bonchev–Trinajstić information content (AvgIpc) is 2.77. The van der Waals surface area contributed by atoms with E-state index in [0.717, 1.165) is 17.0 Å². The third-order valence-corrected chi connectivity index (χ3v) is 3.12. The summed E-state index contributed by atoms with van der Waals surface area (Å²) in [7, 11) is 0. The highest BCUT2D eigenvalue weighted by Crippen LogP contribution is 2.29. The highest BCUT2D eigenvalue weighted by molar-refractivity contribution is 5.95. The molecule has 126 valence electrons. The van der Waals surface area contributed by atoms with Crippen LogP contribution in [0.4, 0.5) is 32.4 Å². The zero-order valence-electron chi connectivity index (χ0n) is 11.5. The minimum atomic E-state index is -4.53. The predicted molar refractivity (Wildman–Crippen MR) is 68.8 cm³/mol. The first kappa shape index (κ1) is 17.0. The number of carbonyl (C=O) groups excluding carboxylic acids is 2. The van der Waals surface area contributed by atoms with Gasteiger partial charge in [-0.1, -0.05) is 0 Å². The first-order valence-corrected chi connectivity index (χ1v) is 6.38. The van der Waals surface area contributed by atoms with Crippen molar-refractivity contribution in [2.75, 3.05) is 24.5 Å². The van der Waals surface area contributed by atoms with E-state index in [1.807, 2.05) is 0 Å². The fraction of sp³-hybridized carbons (Fsp3) is 0.385. The molecule has 1 saturated heterocycles. The third-order valence-electron chi connectivity index (χ3n) is 3.12. The normalized spacial score (nSPS) is 15.5. The fourth-order valence-corrected chi connectivity index (χ4v) is 2.17. The van der Waals surface area contributed by atoms with Crippen LogP contribution in [0, 0.1) is 0 Å². The van der Waals surface area contributed by atoms with Crippen LogP contribution in [0.5, 0.6) is 5.75 Å². The third kappa shape index (κ3) is 4.08. The first-order chi connectivity index (χ1) is 10.7. The van der Waals surface area contributed by atoms with Crippen LogP contribution in [0.25, 0.3) is 0 Å². The fourth-order valence-electron chi connectivity index (χ4n) is 2.17. The molecule has 23 heavy (non-hydrogen) atoms. The molecule has 1 aromatic rings. The maximum atomic E-state index is 12.4. The summed E-state index contributed by atoms with van der Waals surface area (Å²) < 4.78 is 65.9. The lowest BCUT2D eigenvalue weighted by Crippen LogP contribution is -2.38. The van der Waals surface area contributed by atoms with Gasteiger partial charge in [0.25, 0.3) is 0 Å². The molecule has 0 spiro atoms. The number of halogens is 5. The summed E-state index contributed by atoms with van der Waals surface area (Å²) in [6.45, 7) is -4.77. The molecule has 0 atom stereocenters. The molecule has 0 aliphatic carbocycles. The molecule has 2 amide bonds. The van der Waals surface area contributed by atoms with Gasteiger partial charge in [-0.3, -0.25) is 9.69 Å². The minimum absolute atomic E-state index is 0.0382. The molecule has 0 aromatic heterocycles. The maximum absolute atomic E-state index is 12.4. The first-order valence-electron chi connectivity index (χ1n) is 6.38. The van der Waals surface area contributed by atoms with Crippen LogP contribution in [0.3, 0.4) is 0 Å². The van der Waals surface area contributed by atoms with E-state index in [4.69, 9.17) is 0 Å². The van der Waals surface area contributed by atoms with E-state index in [1.165, 1.54) is 6.07 Å². The van der Waals surface area contributed by atoms with E-state index in [9.17, 15) is 31.5 Å². The molecule has 0 N–H and O–H groups in total. The molecule has 0 saturated carbocycles. The van der Waals surface area contributed by atoms with Crippen molar-refractivity contribution in [1.29, 1.82) is 0 Å². The van der Waals surface area contributed by atoms with Crippen molar-refractivity contribution in [2.24, 2.45) is 0 Å². The van der Waals surface area contributed by atoms with Crippen molar-refractivity contribution < 1.29 is 36.3 Å². The van der Waals surface area contributed by atoms with Crippen molar-refractivity contribution >= 4 is 18.0 Å². The number of amides is 2. The van der Waals surface area contributed by atoms with Gasteiger partial charge < -0.3 is 9.64 Å². The molecular weight excluding hydrogens is 327 g/mol. The number of urea groups is 1. The van der Waals surface area contributed by atoms with E-state index >= 15 is 0 Å². The van der Waals surface area contributed by atoms with Crippen LogP contribution in [-0.4, -0.2) is 49.6 Å². The number of nitrogens with zero attached hydrogens (tertiary/aromatic N) is 2. The van der Waals surface area contributed by atoms with Gasteiger partial charge in [-0.2, -0.15) is 22.0 Å². The second-order valence-corrected chi connectivity index (χ2v) is 4.69. The Bertz CT molecular complexity index is 606. The summed E-state index contributed by atoms with van der Waals surface area (Å²) in [5, 5.41) is 0. The summed E-state index contributed by atoms with van der Waals surface area (Å²) in [6, 6.07) is 2.55. The van der Waals surface area contributed by atoms with Gasteiger partial charge in [0.15, 0.2) is 6.29 Å². The molecule has 1 aliphatic rings. The van der Waals surface area contributed by atoms with E-state index in [2.05, 4.69) is 4.74 Å². The number of hydrogen-bond donors (Lipinski definition) is 0. The van der Waals surface area contributed by atoms with Gasteiger partial charge in [0.2, 0.25) is 0 Å². The number of alkyl halides is 5. The number of carbonyl (C=O) groups is 2. The average molecular weight is 338 g/mol. The van der Waals surface area contributed by atoms with Gasteiger partial charge in [0.05, 0.1) is 5.56 Å².